The number of rotatable bonds is 6. The highest BCUT2D eigenvalue weighted by atomic mass is 19.1. The summed E-state index contributed by atoms with van der Waals surface area (Å²) in [6.07, 6.45) is 5.84. The number of Topliss-reactive ketones (excluding diaryl/α,β-unsaturated/α-hetero) is 1. The molecular formula is C29H26F2N2O3. The number of ketones is 1. The first-order valence-electron chi connectivity index (χ1n) is 12.1. The van der Waals surface area contributed by atoms with Gasteiger partial charge in [-0.15, -0.1) is 0 Å². The summed E-state index contributed by atoms with van der Waals surface area (Å²) in [6.45, 7) is 3.53. The van der Waals surface area contributed by atoms with E-state index in [-0.39, 0.29) is 17.3 Å². The van der Waals surface area contributed by atoms with Crippen LogP contribution in [0.15, 0.2) is 60.9 Å². The molecule has 1 aliphatic carbocycles. The van der Waals surface area contributed by atoms with Crippen LogP contribution in [0.2, 0.25) is 0 Å². The third-order valence-corrected chi connectivity index (χ3v) is 6.94. The maximum Gasteiger partial charge on any atom is 0.219 e. The third-order valence-electron chi connectivity index (χ3n) is 6.94. The highest BCUT2D eigenvalue weighted by Crippen LogP contribution is 2.46. The molecule has 0 atom stereocenters. The monoisotopic (exact) mass is 488 g/mol. The predicted molar refractivity (Wildman–Crippen MR) is 132 cm³/mol. The van der Waals surface area contributed by atoms with E-state index in [2.05, 4.69) is 4.98 Å². The number of aromatic nitrogens is 1. The number of hydrogen-bond donors (Lipinski definition) is 0. The Morgan fingerprint density at radius 3 is 2.44 bits per heavy atom. The minimum atomic E-state index is -0.723. The predicted octanol–water partition coefficient (Wildman–Crippen LogP) is 5.54. The average molecular weight is 489 g/mol. The minimum absolute atomic E-state index is 0.103. The summed E-state index contributed by atoms with van der Waals surface area (Å²) in [7, 11) is 0. The number of amides is 1. The third kappa shape index (κ3) is 4.65. The second-order valence-corrected chi connectivity index (χ2v) is 9.24. The van der Waals surface area contributed by atoms with Crippen LogP contribution in [0.5, 0.6) is 5.75 Å². The highest BCUT2D eigenvalue weighted by molar-refractivity contribution is 6.41. The van der Waals surface area contributed by atoms with Crippen LogP contribution in [0.25, 0.3) is 11.1 Å². The van der Waals surface area contributed by atoms with Gasteiger partial charge in [-0.3, -0.25) is 14.6 Å². The number of carbonyl (C=O) groups is 2. The van der Waals surface area contributed by atoms with E-state index < -0.39 is 11.6 Å². The van der Waals surface area contributed by atoms with Crippen molar-refractivity contribution in [2.45, 2.75) is 26.2 Å². The second-order valence-electron chi connectivity index (χ2n) is 9.24. The van der Waals surface area contributed by atoms with Gasteiger partial charge in [-0.2, -0.15) is 0 Å². The molecule has 3 aromatic rings. The molecule has 0 spiro atoms. The maximum absolute atomic E-state index is 14.3. The van der Waals surface area contributed by atoms with Gasteiger partial charge in [0.1, 0.15) is 17.4 Å². The van der Waals surface area contributed by atoms with E-state index >= 15 is 0 Å². The van der Waals surface area contributed by atoms with Crippen molar-refractivity contribution >= 4 is 22.8 Å². The number of halogens is 2. The first-order chi connectivity index (χ1) is 17.4. The number of fused-ring (bicyclic) bond motifs is 1. The zero-order valence-corrected chi connectivity index (χ0v) is 20.0. The van der Waals surface area contributed by atoms with Gasteiger partial charge in [0.05, 0.1) is 6.61 Å². The van der Waals surface area contributed by atoms with Crippen molar-refractivity contribution < 1.29 is 23.1 Å². The number of allylic oxidation sites excluding steroid dienone is 1. The van der Waals surface area contributed by atoms with Crippen LogP contribution < -0.4 is 4.74 Å². The molecule has 0 saturated carbocycles. The van der Waals surface area contributed by atoms with E-state index in [1.54, 1.807) is 49.6 Å². The quantitative estimate of drug-likeness (QED) is 0.457. The molecule has 1 fully saturated rings. The Hall–Kier alpha value is -3.87. The van der Waals surface area contributed by atoms with Crippen molar-refractivity contribution in [3.05, 3.63) is 94.8 Å². The molecule has 5 nitrogen and oxygen atoms in total. The molecule has 2 aromatic carbocycles. The van der Waals surface area contributed by atoms with E-state index in [4.69, 9.17) is 4.74 Å². The van der Waals surface area contributed by atoms with E-state index in [9.17, 15) is 18.4 Å². The van der Waals surface area contributed by atoms with Gasteiger partial charge in [0.2, 0.25) is 5.91 Å². The van der Waals surface area contributed by atoms with E-state index in [1.165, 1.54) is 12.1 Å². The molecule has 7 heteroatoms. The molecule has 0 radical (unpaired) electrons. The van der Waals surface area contributed by atoms with Crippen molar-refractivity contribution in [2.75, 3.05) is 19.7 Å². The van der Waals surface area contributed by atoms with Gasteiger partial charge in [0, 0.05) is 66.3 Å². The molecule has 1 aliphatic heterocycles. The fourth-order valence-electron chi connectivity index (χ4n) is 5.12. The Morgan fingerprint density at radius 1 is 1.03 bits per heavy atom. The van der Waals surface area contributed by atoms with E-state index in [1.807, 2.05) is 4.90 Å². The Labute approximate surface area is 208 Å². The average Bonchev–Trinajstić information content (AvgIpc) is 3.17. The van der Waals surface area contributed by atoms with Gasteiger partial charge < -0.3 is 9.64 Å². The number of benzene rings is 2. The SMILES string of the molecule is CC(=O)N1CCC(CCOc2cccc3c2C(c2cc(F)cc(F)c2)=C(c2cccnc2)C3=O)CC1. The molecule has 5 rings (SSSR count). The van der Waals surface area contributed by atoms with Gasteiger partial charge in [-0.25, -0.2) is 8.78 Å². The normalized spacial score (nSPS) is 15.9. The zero-order chi connectivity index (χ0) is 25.2. The van der Waals surface area contributed by atoms with Crippen molar-refractivity contribution in [1.82, 2.24) is 9.88 Å². The molecule has 0 bridgehead atoms. The molecule has 2 aliphatic rings. The molecular weight excluding hydrogens is 462 g/mol. The lowest BCUT2D eigenvalue weighted by Gasteiger charge is -2.31. The van der Waals surface area contributed by atoms with Gasteiger partial charge in [-0.05, 0) is 55.0 Å². The summed E-state index contributed by atoms with van der Waals surface area (Å²) in [4.78, 5) is 31.1. The number of carbonyl (C=O) groups excluding carboxylic acids is 2. The van der Waals surface area contributed by atoms with E-state index in [0.717, 1.165) is 38.4 Å². The number of nitrogens with zero attached hydrogens (tertiary/aromatic N) is 2. The van der Waals surface area contributed by atoms with Gasteiger partial charge in [0.15, 0.2) is 5.78 Å². The second kappa shape index (κ2) is 10.0. The van der Waals surface area contributed by atoms with Crippen LogP contribution in [-0.2, 0) is 4.79 Å². The molecule has 0 N–H and O–H groups in total. The number of ether oxygens (including phenoxy) is 1. The lowest BCUT2D eigenvalue weighted by molar-refractivity contribution is -0.130. The number of pyridine rings is 1. The van der Waals surface area contributed by atoms with Crippen LogP contribution in [0, 0.1) is 17.6 Å². The van der Waals surface area contributed by atoms with Crippen molar-refractivity contribution in [3.8, 4) is 5.75 Å². The molecule has 1 aromatic heterocycles. The molecule has 1 saturated heterocycles. The molecule has 0 unspecified atom stereocenters. The lowest BCUT2D eigenvalue weighted by atomic mass is 9.93. The van der Waals surface area contributed by atoms with Crippen molar-refractivity contribution in [3.63, 3.8) is 0 Å². The largest absolute Gasteiger partial charge is 0.493 e. The summed E-state index contributed by atoms with van der Waals surface area (Å²) >= 11 is 0. The van der Waals surface area contributed by atoms with E-state index in [0.29, 0.717) is 46.1 Å². The number of piperidine rings is 1. The summed E-state index contributed by atoms with van der Waals surface area (Å²) in [6, 6.07) is 12.0. The Morgan fingerprint density at radius 2 is 1.78 bits per heavy atom. The van der Waals surface area contributed by atoms with Gasteiger partial charge in [-0.1, -0.05) is 18.2 Å². The fourth-order valence-corrected chi connectivity index (χ4v) is 5.12. The first-order valence-corrected chi connectivity index (χ1v) is 12.1. The highest BCUT2D eigenvalue weighted by Gasteiger charge is 2.34. The summed E-state index contributed by atoms with van der Waals surface area (Å²) in [5.74, 6) is -0.636. The fraction of sp³-hybridized carbons (Fsp3) is 0.276. The Balaban J connectivity index is 1.48. The number of likely N-dealkylation sites (tertiary alicyclic amines) is 1. The van der Waals surface area contributed by atoms with Crippen LogP contribution >= 0.6 is 0 Å². The van der Waals surface area contributed by atoms with Crippen molar-refractivity contribution in [1.29, 1.82) is 0 Å². The lowest BCUT2D eigenvalue weighted by Crippen LogP contribution is -2.37. The standard InChI is InChI=1S/C29H26F2N2O3/c1-18(34)33-11-7-19(8-12-33)9-13-36-25-6-2-5-24-28(25)26(21-14-22(30)16-23(31)15-21)27(29(24)35)20-4-3-10-32-17-20/h2-6,10,14-17,19H,7-9,11-13H2,1H3. The van der Waals surface area contributed by atoms with Crippen LogP contribution in [0.1, 0.15) is 53.2 Å². The summed E-state index contributed by atoms with van der Waals surface area (Å²) in [5.41, 5.74) is 2.59. The van der Waals surface area contributed by atoms with Crippen LogP contribution in [0.4, 0.5) is 8.78 Å². The first kappa shape index (κ1) is 23.9. The molecule has 184 valence electrons. The zero-order valence-electron chi connectivity index (χ0n) is 20.0. The summed E-state index contributed by atoms with van der Waals surface area (Å²) in [5, 5.41) is 0. The number of hydrogen-bond acceptors (Lipinski definition) is 4. The topological polar surface area (TPSA) is 59.5 Å². The Kier molecular flexibility index (Phi) is 6.63. The minimum Gasteiger partial charge on any atom is -0.493 e. The smallest absolute Gasteiger partial charge is 0.219 e. The molecule has 2 heterocycles. The maximum atomic E-state index is 14.3. The van der Waals surface area contributed by atoms with Gasteiger partial charge in [0.25, 0.3) is 0 Å². The summed E-state index contributed by atoms with van der Waals surface area (Å²) < 4.78 is 34.7. The van der Waals surface area contributed by atoms with Crippen molar-refractivity contribution in [2.24, 2.45) is 5.92 Å². The van der Waals surface area contributed by atoms with Crippen LogP contribution in [-0.4, -0.2) is 41.3 Å². The van der Waals surface area contributed by atoms with Crippen LogP contribution in [0.3, 0.4) is 0 Å². The van der Waals surface area contributed by atoms with Gasteiger partial charge >= 0.3 is 0 Å². The molecule has 1 amide bonds. The Bertz CT molecular complexity index is 1330. The molecule has 36 heavy (non-hydrogen) atoms.